The summed E-state index contributed by atoms with van der Waals surface area (Å²) in [4.78, 5) is 16.1. The van der Waals surface area contributed by atoms with Crippen LogP contribution in [-0.4, -0.2) is 59.8 Å². The summed E-state index contributed by atoms with van der Waals surface area (Å²) in [6.45, 7) is 4.34. The number of hydrogen-bond donors (Lipinski definition) is 2. The molecule has 0 aliphatic carbocycles. The van der Waals surface area contributed by atoms with E-state index in [-0.39, 0.29) is 5.91 Å². The summed E-state index contributed by atoms with van der Waals surface area (Å²) in [5.41, 5.74) is 3.01. The van der Waals surface area contributed by atoms with Crippen molar-refractivity contribution in [2.75, 3.05) is 33.2 Å². The Kier molecular flexibility index (Phi) is 5.00. The summed E-state index contributed by atoms with van der Waals surface area (Å²) in [5, 5.41) is 12.0. The second kappa shape index (κ2) is 7.41. The first-order valence-corrected chi connectivity index (χ1v) is 10.0. The van der Waals surface area contributed by atoms with Crippen LogP contribution in [0.3, 0.4) is 0 Å². The van der Waals surface area contributed by atoms with Gasteiger partial charge in [-0.15, -0.1) is 0 Å². The molecule has 1 aromatic heterocycles. The molecule has 5 nitrogen and oxygen atoms in total. The van der Waals surface area contributed by atoms with Crippen LogP contribution in [0.2, 0.25) is 0 Å². The first-order chi connectivity index (χ1) is 12.6. The van der Waals surface area contributed by atoms with Crippen LogP contribution in [-0.2, 0) is 13.0 Å². The summed E-state index contributed by atoms with van der Waals surface area (Å²) in [6, 6.07) is 8.24. The highest BCUT2D eigenvalue weighted by molar-refractivity contribution is 6.02. The van der Waals surface area contributed by atoms with Crippen LogP contribution in [0.25, 0.3) is 10.9 Å². The summed E-state index contributed by atoms with van der Waals surface area (Å²) in [6.07, 6.45) is 5.61. The van der Waals surface area contributed by atoms with Gasteiger partial charge in [0.15, 0.2) is 0 Å². The zero-order valence-corrected chi connectivity index (χ0v) is 15.7. The average Bonchev–Trinajstić information content (AvgIpc) is 2.78. The number of aliphatic hydroxyl groups is 1. The number of para-hydroxylation sites is 1. The van der Waals surface area contributed by atoms with Crippen molar-refractivity contribution in [2.45, 2.75) is 44.8 Å². The predicted molar refractivity (Wildman–Crippen MR) is 103 cm³/mol. The molecular weight excluding hydrogens is 326 g/mol. The Morgan fingerprint density at radius 2 is 1.88 bits per heavy atom. The number of amides is 1. The number of nitrogens with zero attached hydrogens (tertiary/aromatic N) is 2. The molecule has 0 radical (unpaired) electrons. The van der Waals surface area contributed by atoms with Gasteiger partial charge >= 0.3 is 0 Å². The fourth-order valence-corrected chi connectivity index (χ4v) is 4.67. The summed E-state index contributed by atoms with van der Waals surface area (Å²) >= 11 is 0. The van der Waals surface area contributed by atoms with Crippen molar-refractivity contribution in [3.63, 3.8) is 0 Å². The number of hydrogen-bond acceptors (Lipinski definition) is 2. The lowest BCUT2D eigenvalue weighted by atomic mass is 10.0. The third-order valence-corrected chi connectivity index (χ3v) is 6.05. The minimum absolute atomic E-state index is 0.0803. The van der Waals surface area contributed by atoms with Crippen LogP contribution in [0.15, 0.2) is 24.3 Å². The highest BCUT2D eigenvalue weighted by atomic mass is 16.3. The molecule has 0 spiro atoms. The summed E-state index contributed by atoms with van der Waals surface area (Å²) in [5.74, 6) is 0.0803. The van der Waals surface area contributed by atoms with E-state index in [4.69, 9.17) is 0 Å². The maximum atomic E-state index is 12.8. The number of rotatable bonds is 4. The molecule has 1 atom stereocenters. The largest absolute Gasteiger partial charge is 0.385 e. The van der Waals surface area contributed by atoms with Crippen molar-refractivity contribution in [1.29, 1.82) is 0 Å². The number of carbonyl (C=O) groups excluding carboxylic acids is 1. The molecule has 2 N–H and O–H groups in total. The predicted octanol–water partition coefficient (Wildman–Crippen LogP) is 1.09. The molecule has 2 aromatic rings. The van der Waals surface area contributed by atoms with E-state index >= 15 is 0 Å². The van der Waals surface area contributed by atoms with Gasteiger partial charge in [0.05, 0.1) is 19.6 Å². The van der Waals surface area contributed by atoms with Crippen LogP contribution >= 0.6 is 0 Å². The first-order valence-electron chi connectivity index (χ1n) is 10.0. The Morgan fingerprint density at radius 3 is 2.65 bits per heavy atom. The van der Waals surface area contributed by atoms with Gasteiger partial charge in [0.1, 0.15) is 18.3 Å². The van der Waals surface area contributed by atoms with Crippen molar-refractivity contribution < 1.29 is 14.8 Å². The standard InChI is InChI=1S/C21H29N3O2/c1-22-13-10-18-17-8-4-5-9-19(17)24(20(18)21(22)26)15-16(25)14-23-11-6-2-3-7-12-23/h4-5,8-9,16,25H,2-3,6-7,10-15H2,1H3/p+1/t16-/m1/s1. The number of benzene rings is 1. The normalized spacial score (nSPS) is 20.2. The highest BCUT2D eigenvalue weighted by Crippen LogP contribution is 2.30. The van der Waals surface area contributed by atoms with E-state index in [1.807, 2.05) is 19.2 Å². The number of aliphatic hydroxyl groups excluding tert-OH is 1. The van der Waals surface area contributed by atoms with Gasteiger partial charge in [-0.25, -0.2) is 0 Å². The van der Waals surface area contributed by atoms with Crippen LogP contribution in [0.1, 0.15) is 41.7 Å². The minimum atomic E-state index is -0.428. The zero-order chi connectivity index (χ0) is 18.1. The van der Waals surface area contributed by atoms with Crippen LogP contribution in [0.5, 0.6) is 0 Å². The molecule has 0 saturated carbocycles. The number of nitrogens with one attached hydrogen (secondary N) is 1. The van der Waals surface area contributed by atoms with Gasteiger partial charge < -0.3 is 19.5 Å². The van der Waals surface area contributed by atoms with Gasteiger partial charge in [0, 0.05) is 24.5 Å². The number of likely N-dealkylation sites (N-methyl/N-ethyl adjacent to an activating group) is 1. The molecule has 26 heavy (non-hydrogen) atoms. The molecule has 1 aromatic carbocycles. The van der Waals surface area contributed by atoms with Gasteiger partial charge in [0.25, 0.3) is 5.91 Å². The smallest absolute Gasteiger partial charge is 0.270 e. The van der Waals surface area contributed by atoms with Gasteiger partial charge in [0.2, 0.25) is 0 Å². The third-order valence-electron chi connectivity index (χ3n) is 6.05. The molecule has 1 fully saturated rings. The number of likely N-dealkylation sites (tertiary alicyclic amines) is 1. The summed E-state index contributed by atoms with van der Waals surface area (Å²) in [7, 11) is 1.87. The molecule has 0 unspecified atom stereocenters. The lowest BCUT2D eigenvalue weighted by Gasteiger charge is -2.26. The van der Waals surface area contributed by atoms with Gasteiger partial charge in [-0.2, -0.15) is 0 Å². The molecule has 0 bridgehead atoms. The molecule has 1 amide bonds. The Labute approximate surface area is 155 Å². The van der Waals surface area contributed by atoms with Crippen LogP contribution in [0, 0.1) is 0 Å². The second-order valence-electron chi connectivity index (χ2n) is 7.95. The number of quaternary nitrogens is 1. The van der Waals surface area contributed by atoms with Crippen molar-refractivity contribution in [3.8, 4) is 0 Å². The lowest BCUT2D eigenvalue weighted by Crippen LogP contribution is -3.13. The number of aromatic nitrogens is 1. The summed E-state index contributed by atoms with van der Waals surface area (Å²) < 4.78 is 2.07. The van der Waals surface area contributed by atoms with Gasteiger partial charge in [-0.3, -0.25) is 4.79 Å². The van der Waals surface area contributed by atoms with Gasteiger partial charge in [-0.05, 0) is 43.7 Å². The second-order valence-corrected chi connectivity index (χ2v) is 7.95. The molecular formula is C21H30N3O2+. The van der Waals surface area contributed by atoms with E-state index < -0.39 is 6.10 Å². The highest BCUT2D eigenvalue weighted by Gasteiger charge is 2.30. The van der Waals surface area contributed by atoms with E-state index in [1.165, 1.54) is 36.0 Å². The van der Waals surface area contributed by atoms with E-state index in [0.717, 1.165) is 49.4 Å². The molecule has 1 saturated heterocycles. The van der Waals surface area contributed by atoms with Crippen molar-refractivity contribution in [1.82, 2.24) is 9.47 Å². The monoisotopic (exact) mass is 356 g/mol. The third kappa shape index (κ3) is 3.26. The number of fused-ring (bicyclic) bond motifs is 3. The molecule has 2 aliphatic rings. The Bertz CT molecular complexity index is 790. The maximum Gasteiger partial charge on any atom is 0.270 e. The molecule has 4 rings (SSSR count). The topological polar surface area (TPSA) is 49.9 Å². The quantitative estimate of drug-likeness (QED) is 0.862. The molecule has 5 heteroatoms. The van der Waals surface area contributed by atoms with E-state index in [1.54, 1.807) is 4.90 Å². The Hall–Kier alpha value is -1.85. The van der Waals surface area contributed by atoms with Crippen molar-refractivity contribution >= 4 is 16.8 Å². The van der Waals surface area contributed by atoms with Crippen LogP contribution < -0.4 is 4.90 Å². The first kappa shape index (κ1) is 17.6. The van der Waals surface area contributed by atoms with Gasteiger partial charge in [-0.1, -0.05) is 18.2 Å². The fraction of sp³-hybridized carbons (Fsp3) is 0.571. The fourth-order valence-electron chi connectivity index (χ4n) is 4.67. The van der Waals surface area contributed by atoms with Crippen molar-refractivity contribution in [3.05, 3.63) is 35.5 Å². The Morgan fingerprint density at radius 1 is 1.15 bits per heavy atom. The Balaban J connectivity index is 1.62. The molecule has 3 heterocycles. The van der Waals surface area contributed by atoms with Crippen LogP contribution in [0.4, 0.5) is 0 Å². The van der Waals surface area contributed by atoms with E-state index in [9.17, 15) is 9.90 Å². The lowest BCUT2D eigenvalue weighted by molar-refractivity contribution is -0.902. The zero-order valence-electron chi connectivity index (χ0n) is 15.7. The van der Waals surface area contributed by atoms with Crippen molar-refractivity contribution in [2.24, 2.45) is 0 Å². The van der Waals surface area contributed by atoms with E-state index in [0.29, 0.717) is 6.54 Å². The molecule has 2 aliphatic heterocycles. The number of carbonyl (C=O) groups is 1. The minimum Gasteiger partial charge on any atom is -0.385 e. The van der Waals surface area contributed by atoms with E-state index in [2.05, 4.69) is 16.7 Å². The average molecular weight is 356 g/mol. The maximum absolute atomic E-state index is 12.8. The molecule has 140 valence electrons. The SMILES string of the molecule is CN1CCc2c(n(C[C@H](O)C[NH+]3CCCCCC3)c3ccccc23)C1=O.